The third kappa shape index (κ3) is 3.63. The zero-order valence-corrected chi connectivity index (χ0v) is 16.0. The lowest BCUT2D eigenvalue weighted by atomic mass is 10.0. The van der Waals surface area contributed by atoms with Gasteiger partial charge in [0.1, 0.15) is 0 Å². The van der Waals surface area contributed by atoms with Crippen molar-refractivity contribution in [2.75, 3.05) is 4.72 Å². The van der Waals surface area contributed by atoms with Crippen LogP contribution in [0.2, 0.25) is 0 Å². The molecule has 0 amide bonds. The van der Waals surface area contributed by atoms with E-state index < -0.39 is 26.7 Å². The maximum atomic E-state index is 13.1. The molecule has 4 aromatic rings. The van der Waals surface area contributed by atoms with Crippen molar-refractivity contribution >= 4 is 37.4 Å². The monoisotopic (exact) mass is 416 g/mol. The Morgan fingerprint density at radius 2 is 1.66 bits per heavy atom. The molecule has 148 valence electrons. The minimum Gasteiger partial charge on any atom is -0.279 e. The van der Waals surface area contributed by atoms with Crippen LogP contribution in [0, 0.1) is 6.92 Å². The minimum atomic E-state index is -4.64. The predicted octanol–water partition coefficient (Wildman–Crippen LogP) is 5.52. The van der Waals surface area contributed by atoms with Crippen LogP contribution in [0.25, 0.3) is 21.7 Å². The summed E-state index contributed by atoms with van der Waals surface area (Å²) in [6, 6.07) is 15.1. The Labute approximate surface area is 165 Å². The average Bonchev–Trinajstić information content (AvgIpc) is 2.66. The molecule has 0 radical (unpaired) electrons. The number of fused-ring (bicyclic) bond motifs is 3. The van der Waals surface area contributed by atoms with E-state index in [9.17, 15) is 21.6 Å². The highest BCUT2D eigenvalue weighted by Crippen LogP contribution is 2.34. The number of hydrogen-bond donors (Lipinski definition) is 1. The summed E-state index contributed by atoms with van der Waals surface area (Å²) in [5.74, 6) is 0. The van der Waals surface area contributed by atoms with Crippen LogP contribution < -0.4 is 4.72 Å². The highest BCUT2D eigenvalue weighted by Gasteiger charge is 2.32. The summed E-state index contributed by atoms with van der Waals surface area (Å²) >= 11 is 0. The van der Waals surface area contributed by atoms with Crippen molar-refractivity contribution in [3.8, 4) is 0 Å². The molecule has 29 heavy (non-hydrogen) atoms. The standard InChI is InChI=1S/C21H15F3N2O2S/c1-13-10-16(21(22,23)24)12-17(11-13)29(27,28)26-18-6-2-4-14-7-8-15-5-3-9-25-20(15)19(14)18/h2-12,26H,1H3. The highest BCUT2D eigenvalue weighted by atomic mass is 32.2. The van der Waals surface area contributed by atoms with Crippen molar-refractivity contribution in [1.82, 2.24) is 4.98 Å². The van der Waals surface area contributed by atoms with Gasteiger partial charge in [0.25, 0.3) is 10.0 Å². The number of nitrogens with one attached hydrogen (secondary N) is 1. The van der Waals surface area contributed by atoms with Gasteiger partial charge in [0.15, 0.2) is 0 Å². The molecule has 4 rings (SSSR count). The van der Waals surface area contributed by atoms with Crippen LogP contribution in [0.1, 0.15) is 11.1 Å². The first-order chi connectivity index (χ1) is 13.6. The molecule has 0 aliphatic heterocycles. The number of nitrogens with zero attached hydrogens (tertiary/aromatic N) is 1. The fraction of sp³-hybridized carbons (Fsp3) is 0.0952. The Kier molecular flexibility index (Phi) is 4.46. The van der Waals surface area contributed by atoms with Crippen LogP contribution in [0.15, 0.2) is 71.8 Å². The Bertz CT molecular complexity index is 1350. The predicted molar refractivity (Wildman–Crippen MR) is 106 cm³/mol. The molecule has 8 heteroatoms. The van der Waals surface area contributed by atoms with Gasteiger partial charge in [0.2, 0.25) is 0 Å². The Balaban J connectivity index is 1.87. The lowest BCUT2D eigenvalue weighted by Gasteiger charge is -2.14. The van der Waals surface area contributed by atoms with Gasteiger partial charge in [0, 0.05) is 17.0 Å². The fourth-order valence-electron chi connectivity index (χ4n) is 3.27. The average molecular weight is 416 g/mol. The summed E-state index contributed by atoms with van der Waals surface area (Å²) < 4.78 is 67.6. The first kappa shape index (κ1) is 19.2. The van der Waals surface area contributed by atoms with Crippen molar-refractivity contribution in [3.05, 3.63) is 78.0 Å². The molecule has 3 aromatic carbocycles. The van der Waals surface area contributed by atoms with Crippen molar-refractivity contribution < 1.29 is 21.6 Å². The number of halogens is 3. The highest BCUT2D eigenvalue weighted by molar-refractivity contribution is 7.92. The third-order valence-corrected chi connectivity index (χ3v) is 5.89. The van der Waals surface area contributed by atoms with Crippen LogP contribution in [0.3, 0.4) is 0 Å². The minimum absolute atomic E-state index is 0.199. The smallest absolute Gasteiger partial charge is 0.279 e. The van der Waals surface area contributed by atoms with Gasteiger partial charge in [-0.3, -0.25) is 9.71 Å². The van der Waals surface area contributed by atoms with Gasteiger partial charge < -0.3 is 0 Å². The fourth-order valence-corrected chi connectivity index (χ4v) is 4.47. The van der Waals surface area contributed by atoms with E-state index in [0.29, 0.717) is 17.0 Å². The number of hydrogen-bond acceptors (Lipinski definition) is 3. The molecule has 1 heterocycles. The molecule has 0 saturated carbocycles. The third-order valence-electron chi connectivity index (χ3n) is 4.55. The largest absolute Gasteiger partial charge is 0.416 e. The summed E-state index contributed by atoms with van der Waals surface area (Å²) in [5.41, 5.74) is 0.0403. The first-order valence-corrected chi connectivity index (χ1v) is 10.1. The number of rotatable bonds is 3. The van der Waals surface area contributed by atoms with E-state index in [0.717, 1.165) is 16.8 Å². The van der Waals surface area contributed by atoms with Gasteiger partial charge in [0.05, 0.1) is 21.7 Å². The maximum Gasteiger partial charge on any atom is 0.416 e. The van der Waals surface area contributed by atoms with E-state index in [4.69, 9.17) is 0 Å². The van der Waals surface area contributed by atoms with Crippen LogP contribution in [0.5, 0.6) is 0 Å². The molecule has 0 aliphatic rings. The van der Waals surface area contributed by atoms with Crippen molar-refractivity contribution in [2.24, 2.45) is 0 Å². The van der Waals surface area contributed by atoms with E-state index >= 15 is 0 Å². The SMILES string of the molecule is Cc1cc(C(F)(F)F)cc(S(=O)(=O)Nc2cccc3ccc4cccnc4c23)c1. The molecule has 1 aromatic heterocycles. The van der Waals surface area contributed by atoms with E-state index in [1.165, 1.54) is 13.0 Å². The number of aryl methyl sites for hydroxylation is 1. The van der Waals surface area contributed by atoms with E-state index in [1.807, 2.05) is 24.3 Å². The molecule has 0 spiro atoms. The summed E-state index contributed by atoms with van der Waals surface area (Å²) in [6.07, 6.45) is -3.04. The quantitative estimate of drug-likeness (QED) is 0.448. The van der Waals surface area contributed by atoms with Gasteiger partial charge >= 0.3 is 6.18 Å². The zero-order valence-electron chi connectivity index (χ0n) is 15.2. The van der Waals surface area contributed by atoms with Gasteiger partial charge in [-0.1, -0.05) is 30.3 Å². The topological polar surface area (TPSA) is 59.1 Å². The van der Waals surface area contributed by atoms with Crippen LogP contribution >= 0.6 is 0 Å². The number of benzene rings is 3. The van der Waals surface area contributed by atoms with Crippen LogP contribution in [-0.4, -0.2) is 13.4 Å². The second-order valence-electron chi connectivity index (χ2n) is 6.68. The molecule has 4 nitrogen and oxygen atoms in total. The molecular formula is C21H15F3N2O2S. The molecular weight excluding hydrogens is 401 g/mol. The maximum absolute atomic E-state index is 13.1. The van der Waals surface area contributed by atoms with Crippen molar-refractivity contribution in [1.29, 1.82) is 0 Å². The van der Waals surface area contributed by atoms with E-state index in [-0.39, 0.29) is 11.3 Å². The van der Waals surface area contributed by atoms with Crippen LogP contribution in [0.4, 0.5) is 18.9 Å². The second-order valence-corrected chi connectivity index (χ2v) is 8.36. The van der Waals surface area contributed by atoms with Crippen LogP contribution in [-0.2, 0) is 16.2 Å². The van der Waals surface area contributed by atoms with Crippen molar-refractivity contribution in [2.45, 2.75) is 18.0 Å². The second kappa shape index (κ2) is 6.73. The van der Waals surface area contributed by atoms with E-state index in [2.05, 4.69) is 9.71 Å². The molecule has 0 unspecified atom stereocenters. The van der Waals surface area contributed by atoms with Gasteiger partial charge in [-0.05, 0) is 48.2 Å². The molecule has 0 saturated heterocycles. The lowest BCUT2D eigenvalue weighted by Crippen LogP contribution is -2.15. The van der Waals surface area contributed by atoms with Gasteiger partial charge in [-0.15, -0.1) is 0 Å². The molecule has 0 bridgehead atoms. The number of aromatic nitrogens is 1. The van der Waals surface area contributed by atoms with Crippen molar-refractivity contribution in [3.63, 3.8) is 0 Å². The number of anilines is 1. The summed E-state index contributed by atoms with van der Waals surface area (Å²) in [6.45, 7) is 1.42. The molecule has 1 N–H and O–H groups in total. The summed E-state index contributed by atoms with van der Waals surface area (Å²) in [7, 11) is -4.26. The Morgan fingerprint density at radius 1 is 0.931 bits per heavy atom. The number of alkyl halides is 3. The van der Waals surface area contributed by atoms with Gasteiger partial charge in [-0.2, -0.15) is 13.2 Å². The Hall–Kier alpha value is -3.13. The summed E-state index contributed by atoms with van der Waals surface area (Å²) in [4.78, 5) is 3.90. The lowest BCUT2D eigenvalue weighted by molar-refractivity contribution is -0.137. The molecule has 0 fully saturated rings. The summed E-state index contributed by atoms with van der Waals surface area (Å²) in [5, 5.41) is 2.16. The zero-order chi connectivity index (χ0) is 20.8. The first-order valence-electron chi connectivity index (χ1n) is 8.63. The molecule has 0 aliphatic carbocycles. The number of sulfonamides is 1. The molecule has 0 atom stereocenters. The number of pyridine rings is 1. The Morgan fingerprint density at radius 3 is 2.41 bits per heavy atom. The van der Waals surface area contributed by atoms with Gasteiger partial charge in [-0.25, -0.2) is 8.42 Å². The van der Waals surface area contributed by atoms with E-state index in [1.54, 1.807) is 24.4 Å². The normalized spacial score (nSPS) is 12.4.